The molecule has 0 heterocycles. The van der Waals surface area contributed by atoms with Gasteiger partial charge in [0.15, 0.2) is 0 Å². The Morgan fingerprint density at radius 2 is 1.94 bits per heavy atom. The highest BCUT2D eigenvalue weighted by Crippen LogP contribution is 2.21. The monoisotopic (exact) mass is 421 g/mol. The molecule has 8 heteroatoms. The number of carboxylic acids is 1. The molecule has 8 nitrogen and oxygen atoms in total. The number of nitrogens with one attached hydrogen (secondary N) is 2. The minimum Gasteiger partial charge on any atom is -0.480 e. The van der Waals surface area contributed by atoms with Crippen molar-refractivity contribution >= 4 is 29.6 Å². The van der Waals surface area contributed by atoms with E-state index in [-0.39, 0.29) is 18.4 Å². The van der Waals surface area contributed by atoms with E-state index in [0.717, 1.165) is 16.8 Å². The van der Waals surface area contributed by atoms with Gasteiger partial charge in [0.05, 0.1) is 12.2 Å². The van der Waals surface area contributed by atoms with Crippen LogP contribution >= 0.6 is 0 Å². The van der Waals surface area contributed by atoms with Crippen LogP contribution in [0.2, 0.25) is 0 Å². The molecular formula is C23H27N5O3. The second kappa shape index (κ2) is 10.8. The minimum atomic E-state index is -1.01. The van der Waals surface area contributed by atoms with E-state index in [2.05, 4.69) is 17.2 Å². The van der Waals surface area contributed by atoms with Crippen molar-refractivity contribution in [3.05, 3.63) is 59.2 Å². The molecule has 162 valence electrons. The predicted octanol–water partition coefficient (Wildman–Crippen LogP) is 2.42. The number of hydrogen-bond acceptors (Lipinski definition) is 5. The summed E-state index contributed by atoms with van der Waals surface area (Å²) in [6.45, 7) is 5.69. The molecular weight excluding hydrogens is 394 g/mol. The first-order chi connectivity index (χ1) is 14.7. The lowest BCUT2D eigenvalue weighted by Crippen LogP contribution is -2.48. The summed E-state index contributed by atoms with van der Waals surface area (Å²) in [4.78, 5) is 22.8. The second-order valence-electron chi connectivity index (χ2n) is 7.18. The molecule has 0 atom stereocenters. The third-order valence-electron chi connectivity index (χ3n) is 4.54. The zero-order valence-corrected chi connectivity index (χ0v) is 17.8. The van der Waals surface area contributed by atoms with E-state index < -0.39 is 5.97 Å². The van der Waals surface area contributed by atoms with Gasteiger partial charge >= 0.3 is 5.97 Å². The van der Waals surface area contributed by atoms with Crippen LogP contribution < -0.4 is 16.1 Å². The number of carbonyl (C=O) groups excluding carboxylic acids is 1. The number of nitrogens with two attached hydrogens (primary N) is 1. The van der Waals surface area contributed by atoms with E-state index in [4.69, 9.17) is 16.2 Å². The summed E-state index contributed by atoms with van der Waals surface area (Å²) < 4.78 is 0. The van der Waals surface area contributed by atoms with Crippen molar-refractivity contribution in [2.75, 3.05) is 23.4 Å². The van der Waals surface area contributed by atoms with Crippen LogP contribution in [0.25, 0.3) is 0 Å². The third kappa shape index (κ3) is 6.59. The van der Waals surface area contributed by atoms with Gasteiger partial charge in [-0.25, -0.2) is 10.0 Å². The molecule has 2 aromatic carbocycles. The molecule has 0 aliphatic carbocycles. The first-order valence-electron chi connectivity index (χ1n) is 9.73. The quantitative estimate of drug-likeness (QED) is 0.162. The van der Waals surface area contributed by atoms with Crippen molar-refractivity contribution in [2.45, 2.75) is 26.8 Å². The van der Waals surface area contributed by atoms with Gasteiger partial charge in [-0.3, -0.25) is 15.0 Å². The van der Waals surface area contributed by atoms with Gasteiger partial charge in [-0.15, -0.1) is 0 Å². The Balaban J connectivity index is 2.09. The van der Waals surface area contributed by atoms with Crippen LogP contribution in [0.3, 0.4) is 0 Å². The molecule has 0 spiro atoms. The molecule has 1 amide bonds. The molecule has 0 aliphatic heterocycles. The average Bonchev–Trinajstić information content (AvgIpc) is 2.72. The number of hydrogen-bond donors (Lipinski definition) is 4. The Bertz CT molecular complexity index is 1010. The molecule has 0 bridgehead atoms. The van der Waals surface area contributed by atoms with Crippen LogP contribution in [-0.2, 0) is 9.59 Å². The number of amides is 1. The number of aryl methyl sites for hydroxylation is 1. The largest absolute Gasteiger partial charge is 0.480 e. The molecule has 0 radical (unpaired) electrons. The fourth-order valence-corrected chi connectivity index (χ4v) is 2.90. The van der Waals surface area contributed by atoms with E-state index in [9.17, 15) is 9.59 Å². The lowest BCUT2D eigenvalue weighted by Gasteiger charge is -2.34. The van der Waals surface area contributed by atoms with Gasteiger partial charge in [-0.05, 0) is 68.8 Å². The molecule has 0 aliphatic rings. The van der Waals surface area contributed by atoms with Gasteiger partial charge < -0.3 is 16.2 Å². The molecule has 0 saturated carbocycles. The van der Waals surface area contributed by atoms with Crippen LogP contribution in [0.15, 0.2) is 42.5 Å². The van der Waals surface area contributed by atoms with E-state index in [0.29, 0.717) is 24.2 Å². The molecule has 0 unspecified atom stereocenters. The van der Waals surface area contributed by atoms with Crippen molar-refractivity contribution in [1.29, 1.82) is 5.41 Å². The van der Waals surface area contributed by atoms with Crippen molar-refractivity contribution < 1.29 is 14.7 Å². The summed E-state index contributed by atoms with van der Waals surface area (Å²) in [5, 5.41) is 22.5. The molecule has 0 saturated heterocycles. The van der Waals surface area contributed by atoms with Gasteiger partial charge in [-0.1, -0.05) is 11.8 Å². The zero-order chi connectivity index (χ0) is 23.0. The van der Waals surface area contributed by atoms with Crippen LogP contribution in [0, 0.1) is 24.2 Å². The van der Waals surface area contributed by atoms with Crippen LogP contribution in [-0.4, -0.2) is 47.5 Å². The smallest absolute Gasteiger partial charge is 0.319 e. The number of benzene rings is 2. The fraction of sp³-hybridized carbons (Fsp3) is 0.261. The highest BCUT2D eigenvalue weighted by molar-refractivity contribution is 5.95. The maximum atomic E-state index is 11.7. The summed E-state index contributed by atoms with van der Waals surface area (Å²) >= 11 is 0. The Labute approximate surface area is 182 Å². The zero-order valence-electron chi connectivity index (χ0n) is 17.8. The molecule has 5 N–H and O–H groups in total. The summed E-state index contributed by atoms with van der Waals surface area (Å²) in [6, 6.07) is 12.4. The van der Waals surface area contributed by atoms with E-state index >= 15 is 0 Å². The highest BCUT2D eigenvalue weighted by atomic mass is 16.4. The number of anilines is 2. The fourth-order valence-electron chi connectivity index (χ4n) is 2.90. The molecule has 0 fully saturated rings. The van der Waals surface area contributed by atoms with Gasteiger partial charge in [0.2, 0.25) is 6.41 Å². The SMILES string of the molecule is Cc1cc(N(C=O)N(CC(=O)O)C(C)C)ccc1C#CCNc1ccc(C(=N)N)cc1. The number of nitrogens with zero attached hydrogens (tertiary/aromatic N) is 2. The minimum absolute atomic E-state index is 0.0258. The maximum Gasteiger partial charge on any atom is 0.319 e. The maximum absolute atomic E-state index is 11.7. The Hall–Kier alpha value is -3.83. The van der Waals surface area contributed by atoms with Crippen molar-refractivity contribution in [3.8, 4) is 11.8 Å². The standard InChI is InChI=1S/C23H27N5O3/c1-16(2)27(14-22(30)31)28(15-29)21-11-8-18(17(3)13-21)5-4-12-26-20-9-6-19(7-10-20)23(24)25/h6-11,13,15-16,26H,12,14H2,1-3H3,(H3,24,25)(H,30,31). The molecule has 2 rings (SSSR count). The van der Waals surface area contributed by atoms with Crippen LogP contribution in [0.4, 0.5) is 11.4 Å². The first kappa shape index (κ1) is 23.4. The van der Waals surface area contributed by atoms with Gasteiger partial charge in [-0.2, -0.15) is 0 Å². The van der Waals surface area contributed by atoms with Gasteiger partial charge in [0, 0.05) is 22.9 Å². The van der Waals surface area contributed by atoms with Crippen LogP contribution in [0.1, 0.15) is 30.5 Å². The Morgan fingerprint density at radius 3 is 2.45 bits per heavy atom. The second-order valence-corrected chi connectivity index (χ2v) is 7.18. The number of aliphatic carboxylic acids is 1. The summed E-state index contributed by atoms with van der Waals surface area (Å²) in [7, 11) is 0. The van der Waals surface area contributed by atoms with Gasteiger partial charge in [0.25, 0.3) is 0 Å². The van der Waals surface area contributed by atoms with E-state index in [1.165, 1.54) is 10.0 Å². The summed E-state index contributed by atoms with van der Waals surface area (Å²) in [5.74, 6) is 5.17. The third-order valence-corrected chi connectivity index (χ3v) is 4.54. The normalized spacial score (nSPS) is 10.4. The number of amidine groups is 1. The number of hydrazine groups is 1. The topological polar surface area (TPSA) is 123 Å². The average molecular weight is 422 g/mol. The number of nitrogen functional groups attached to an aromatic ring is 1. The Kier molecular flexibility index (Phi) is 8.17. The van der Waals surface area contributed by atoms with Crippen molar-refractivity contribution in [1.82, 2.24) is 5.01 Å². The Morgan fingerprint density at radius 1 is 1.26 bits per heavy atom. The number of rotatable bonds is 9. The van der Waals surface area contributed by atoms with Crippen molar-refractivity contribution in [3.63, 3.8) is 0 Å². The van der Waals surface area contributed by atoms with Gasteiger partial charge in [0.1, 0.15) is 12.4 Å². The van der Waals surface area contributed by atoms with Crippen LogP contribution in [0.5, 0.6) is 0 Å². The first-order valence-corrected chi connectivity index (χ1v) is 9.73. The van der Waals surface area contributed by atoms with E-state index in [1.807, 2.05) is 45.0 Å². The molecule has 0 aromatic heterocycles. The lowest BCUT2D eigenvalue weighted by molar-refractivity contribution is -0.139. The predicted molar refractivity (Wildman–Crippen MR) is 122 cm³/mol. The lowest BCUT2D eigenvalue weighted by atomic mass is 10.1. The highest BCUT2D eigenvalue weighted by Gasteiger charge is 2.21. The van der Waals surface area contributed by atoms with E-state index in [1.54, 1.807) is 18.2 Å². The van der Waals surface area contributed by atoms with Crippen molar-refractivity contribution in [2.24, 2.45) is 5.73 Å². The summed E-state index contributed by atoms with van der Waals surface area (Å²) in [5.41, 5.74) is 9.26. The summed E-state index contributed by atoms with van der Waals surface area (Å²) in [6.07, 6.45) is 0.615. The number of carbonyl (C=O) groups is 2. The number of carboxylic acid groups (broad SMARTS) is 1. The molecule has 2 aromatic rings. The molecule has 31 heavy (non-hydrogen) atoms.